The van der Waals surface area contributed by atoms with Gasteiger partial charge in [-0.3, -0.25) is 62.7 Å². The van der Waals surface area contributed by atoms with Gasteiger partial charge < -0.3 is 90.7 Å². The van der Waals surface area contributed by atoms with Crippen LogP contribution in [-0.4, -0.2) is 213 Å². The smallest absolute Gasteiger partial charge is 0.246 e. The van der Waals surface area contributed by atoms with Crippen LogP contribution in [0.1, 0.15) is 110 Å². The molecule has 19 N–H and O–H groups in total. The molecule has 2 aliphatic heterocycles. The van der Waals surface area contributed by atoms with Gasteiger partial charge in [0.15, 0.2) is 11.9 Å². The molecule has 3 heterocycles. The van der Waals surface area contributed by atoms with Crippen molar-refractivity contribution < 1.29 is 57.8 Å². The molecule has 2 saturated heterocycles. The van der Waals surface area contributed by atoms with E-state index in [-0.39, 0.29) is 115 Å². The summed E-state index contributed by atoms with van der Waals surface area (Å²) in [6.07, 6.45) is 2.12. The van der Waals surface area contributed by atoms with Crippen LogP contribution in [0.4, 0.5) is 0 Å². The molecule has 11 amide bonds. The Balaban J connectivity index is 1.65. The summed E-state index contributed by atoms with van der Waals surface area (Å²) in [6.45, 7) is 5.43. The number of primary amides is 2. The minimum atomic E-state index is -1.74. The summed E-state index contributed by atoms with van der Waals surface area (Å²) in [5.41, 5.74) is 33.2. The van der Waals surface area contributed by atoms with Crippen molar-refractivity contribution in [2.75, 3.05) is 52.9 Å². The second-order valence-electron chi connectivity index (χ2n) is 22.5. The van der Waals surface area contributed by atoms with E-state index in [1.165, 1.54) is 37.0 Å². The molecule has 7 atom stereocenters. The summed E-state index contributed by atoms with van der Waals surface area (Å²) >= 11 is 0. The number of rotatable bonds is 35. The van der Waals surface area contributed by atoms with Gasteiger partial charge >= 0.3 is 0 Å². The average Bonchev–Trinajstić information content (AvgIpc) is 2.34. The Morgan fingerprint density at radius 2 is 1.41 bits per heavy atom. The lowest BCUT2D eigenvalue weighted by molar-refractivity contribution is -0.150. The lowest BCUT2D eigenvalue weighted by atomic mass is 9.90. The highest BCUT2D eigenvalue weighted by Gasteiger charge is 2.45. The van der Waals surface area contributed by atoms with Crippen molar-refractivity contribution in [3.05, 3.63) is 54.1 Å². The van der Waals surface area contributed by atoms with Crippen molar-refractivity contribution in [1.82, 2.24) is 56.2 Å². The van der Waals surface area contributed by atoms with Gasteiger partial charge in [0.1, 0.15) is 41.7 Å². The molecule has 31 nitrogen and oxygen atoms in total. The fourth-order valence-electron chi connectivity index (χ4n) is 9.98. The van der Waals surface area contributed by atoms with Crippen LogP contribution in [-0.2, 0) is 65.6 Å². The third-order valence-electron chi connectivity index (χ3n) is 14.9. The number of likely N-dealkylation sites (N-methyl/N-ethyl adjacent to an activating group) is 1. The number of likely N-dealkylation sites (tertiary alicyclic amines) is 2. The molecule has 2 aromatic rings. The number of imidazole rings is 1. The molecule has 2 fully saturated rings. The number of aliphatic imine (C=N–C) groups is 2. The van der Waals surface area contributed by atoms with Gasteiger partial charge in [-0.2, -0.15) is 0 Å². The molecular formula is C56H89N19O12. The Kier molecular flexibility index (Phi) is 27.8. The van der Waals surface area contributed by atoms with Gasteiger partial charge in [-0.05, 0) is 91.0 Å². The average molecular weight is 1220 g/mol. The van der Waals surface area contributed by atoms with Gasteiger partial charge in [0, 0.05) is 83.5 Å². The van der Waals surface area contributed by atoms with Crippen LogP contribution in [0.25, 0.3) is 0 Å². The highest BCUT2D eigenvalue weighted by atomic mass is 16.3. The number of hydrogen-bond acceptors (Lipinski definition) is 15. The maximum atomic E-state index is 15.1. The van der Waals surface area contributed by atoms with Crippen molar-refractivity contribution in [3.8, 4) is 0 Å². The molecule has 1 aromatic carbocycles. The molecule has 4 rings (SSSR count). The van der Waals surface area contributed by atoms with E-state index in [1.807, 2.05) is 0 Å². The lowest BCUT2D eigenvalue weighted by Gasteiger charge is -2.35. The Hall–Kier alpha value is -8.90. The summed E-state index contributed by atoms with van der Waals surface area (Å²) in [5, 5.41) is 24.1. The SMILES string of the molecule is CC(C)NC(=O)[C@@H]1C[C@@H](O)CN1C(=O)[C@H](CC(N)=O)N(C)C(=O)CN(CCc1ccccc1)C(=O)[C@H](CCCN=C(N)N)NC(=O)[C@H]1CCCN1C(=O)[C@H](CCCCN=C(N)N)NC(=O)[C@H](CCC(N)=O)NC(=O)C(C)(C)C(=O)NCCc1cnc[nH]1. The molecule has 1 aromatic heterocycles. The zero-order chi connectivity index (χ0) is 64.5. The van der Waals surface area contributed by atoms with E-state index < -0.39 is 126 Å². The lowest BCUT2D eigenvalue weighted by Crippen LogP contribution is -2.59. The van der Waals surface area contributed by atoms with Crippen molar-refractivity contribution in [3.63, 3.8) is 0 Å². The molecule has 480 valence electrons. The summed E-state index contributed by atoms with van der Waals surface area (Å²) < 4.78 is 0. The van der Waals surface area contributed by atoms with Gasteiger partial charge in [-0.25, -0.2) is 4.98 Å². The van der Waals surface area contributed by atoms with Crippen molar-refractivity contribution in [1.29, 1.82) is 0 Å². The number of aromatic amines is 1. The third-order valence-corrected chi connectivity index (χ3v) is 14.9. The molecule has 0 unspecified atom stereocenters. The summed E-state index contributed by atoms with van der Waals surface area (Å²) in [7, 11) is 1.25. The molecular weight excluding hydrogens is 1130 g/mol. The summed E-state index contributed by atoms with van der Waals surface area (Å²) in [6, 6.07) is 0.515. The second-order valence-corrected chi connectivity index (χ2v) is 22.5. The van der Waals surface area contributed by atoms with E-state index >= 15 is 4.79 Å². The number of nitrogens with zero attached hydrogens (tertiary/aromatic N) is 7. The van der Waals surface area contributed by atoms with Crippen LogP contribution in [0, 0.1) is 5.41 Å². The molecule has 0 radical (unpaired) electrons. The Morgan fingerprint density at radius 1 is 0.759 bits per heavy atom. The van der Waals surface area contributed by atoms with Crippen molar-refractivity contribution in [2.45, 2.75) is 160 Å². The topological polar surface area (TPSA) is 491 Å². The normalized spacial score (nSPS) is 16.9. The molecule has 0 spiro atoms. The fourth-order valence-corrected chi connectivity index (χ4v) is 9.98. The number of β-amino-alcohol motifs (C(OH)–C–C–N with tert-alkyl or cyclic N) is 1. The number of guanidine groups is 2. The molecule has 31 heteroatoms. The fraction of sp³-hybridized carbons (Fsp3) is 0.607. The van der Waals surface area contributed by atoms with E-state index in [0.717, 1.165) is 21.1 Å². The van der Waals surface area contributed by atoms with Gasteiger partial charge in [0.2, 0.25) is 65.0 Å². The molecule has 0 bridgehead atoms. The van der Waals surface area contributed by atoms with Gasteiger partial charge in [0.05, 0.1) is 25.4 Å². The van der Waals surface area contributed by atoms with Crippen LogP contribution >= 0.6 is 0 Å². The monoisotopic (exact) mass is 1220 g/mol. The minimum Gasteiger partial charge on any atom is -0.391 e. The van der Waals surface area contributed by atoms with E-state index in [0.29, 0.717) is 19.3 Å². The number of aliphatic hydroxyl groups excluding tert-OH is 1. The number of hydrogen-bond donors (Lipinski definition) is 13. The van der Waals surface area contributed by atoms with Crippen LogP contribution in [0.5, 0.6) is 0 Å². The van der Waals surface area contributed by atoms with Gasteiger partial charge in [-0.1, -0.05) is 30.3 Å². The van der Waals surface area contributed by atoms with Crippen LogP contribution in [0.2, 0.25) is 0 Å². The van der Waals surface area contributed by atoms with Crippen LogP contribution in [0.3, 0.4) is 0 Å². The number of carbonyl (C=O) groups is 11. The maximum absolute atomic E-state index is 15.1. The number of carbonyl (C=O) groups excluding carboxylic acids is 11. The number of aromatic nitrogens is 2. The minimum absolute atomic E-state index is 0.0167. The Morgan fingerprint density at radius 3 is 2.03 bits per heavy atom. The predicted molar refractivity (Wildman–Crippen MR) is 319 cm³/mol. The molecule has 0 saturated carbocycles. The highest BCUT2D eigenvalue weighted by Crippen LogP contribution is 2.24. The number of H-pyrrole nitrogens is 1. The van der Waals surface area contributed by atoms with E-state index in [2.05, 4.69) is 46.5 Å². The number of amides is 11. The van der Waals surface area contributed by atoms with Crippen LogP contribution < -0.4 is 61.0 Å². The number of nitrogens with one attached hydrogen (secondary N) is 6. The first kappa shape index (κ1) is 70.6. The van der Waals surface area contributed by atoms with Crippen LogP contribution in [0.15, 0.2) is 52.8 Å². The molecule has 2 aliphatic rings. The Labute approximate surface area is 505 Å². The standard InChI is InChI=1S/C56H89N19O12/c1-33(2)68-48(82)41-27-36(76)30-75(41)51(85)42(28-44(58)78)72(5)45(79)31-73(26-21-34-13-7-6-8-14-34)49(83)38(16-11-23-66-55(61)62)70-47(81)40-17-12-25-74(40)50(84)39(15-9-10-22-65-54(59)60)69-46(80)37(18-19-43(57)77)71-53(87)56(3,4)52(86)64-24-20-35-29-63-32-67-35/h6-8,13-14,29,32-33,36-42,76H,9-12,15-28,30-31H2,1-5H3,(H2,57,77)(H2,58,78)(H,63,67)(H,64,86)(H,68,82)(H,69,80)(H,70,81)(H,71,87)(H4,59,60,65)(H4,61,62,66)/t36-,37+,38+,39+,40-,41+,42+/m1/s1. The largest absolute Gasteiger partial charge is 0.391 e. The predicted octanol–water partition coefficient (Wildman–Crippen LogP) is -4.44. The summed E-state index contributed by atoms with van der Waals surface area (Å²) in [5.74, 6) is -9.03. The number of benzene rings is 1. The zero-order valence-corrected chi connectivity index (χ0v) is 50.3. The highest BCUT2D eigenvalue weighted by molar-refractivity contribution is 6.06. The molecule has 87 heavy (non-hydrogen) atoms. The number of unbranched alkanes of at least 4 members (excludes halogenated alkanes) is 1. The summed E-state index contributed by atoms with van der Waals surface area (Å²) in [4.78, 5) is 172. The van der Waals surface area contributed by atoms with Crippen molar-refractivity contribution in [2.24, 2.45) is 49.8 Å². The number of aliphatic hydroxyl groups is 1. The first-order chi connectivity index (χ1) is 41.1. The van der Waals surface area contributed by atoms with Gasteiger partial charge in [0.25, 0.3) is 0 Å². The molecule has 0 aliphatic carbocycles. The zero-order valence-electron chi connectivity index (χ0n) is 50.3. The number of nitrogens with two attached hydrogens (primary N) is 6. The van der Waals surface area contributed by atoms with E-state index in [4.69, 9.17) is 34.4 Å². The maximum Gasteiger partial charge on any atom is 0.246 e. The van der Waals surface area contributed by atoms with E-state index in [9.17, 15) is 53.1 Å². The van der Waals surface area contributed by atoms with Crippen molar-refractivity contribution >= 4 is 76.9 Å². The Bertz CT molecular complexity index is 2750. The first-order valence-electron chi connectivity index (χ1n) is 29.1. The second kappa shape index (κ2) is 34.3. The van der Waals surface area contributed by atoms with E-state index in [1.54, 1.807) is 50.4 Å². The quantitative estimate of drug-likeness (QED) is 0.0134. The third kappa shape index (κ3) is 22.5. The first-order valence-corrected chi connectivity index (χ1v) is 29.1. The van der Waals surface area contributed by atoms with Gasteiger partial charge in [-0.15, -0.1) is 0 Å².